The number of benzene rings is 1. The van der Waals surface area contributed by atoms with Crippen LogP contribution in [0, 0.1) is 5.92 Å². The first kappa shape index (κ1) is 15.9. The highest BCUT2D eigenvalue weighted by Gasteiger charge is 2.34. The van der Waals surface area contributed by atoms with Crippen molar-refractivity contribution in [2.45, 2.75) is 11.3 Å². The lowest BCUT2D eigenvalue weighted by atomic mass is 10.1. The van der Waals surface area contributed by atoms with Crippen molar-refractivity contribution >= 4 is 16.0 Å². The lowest BCUT2D eigenvalue weighted by molar-refractivity contribution is 0.0596. The number of nitrogens with one attached hydrogen (secondary N) is 1. The van der Waals surface area contributed by atoms with Crippen LogP contribution in [0.4, 0.5) is 0 Å². The zero-order valence-corrected chi connectivity index (χ0v) is 13.0. The maximum Gasteiger partial charge on any atom is 0.339 e. The van der Waals surface area contributed by atoms with E-state index in [2.05, 4.69) is 10.1 Å². The average molecular weight is 312 g/mol. The predicted molar refractivity (Wildman–Crippen MR) is 78.6 cm³/mol. The molecule has 1 N–H and O–H groups in total. The van der Waals surface area contributed by atoms with Gasteiger partial charge in [-0.15, -0.1) is 0 Å². The van der Waals surface area contributed by atoms with Crippen molar-refractivity contribution in [2.24, 2.45) is 5.92 Å². The molecule has 2 rings (SSSR count). The van der Waals surface area contributed by atoms with E-state index >= 15 is 0 Å². The van der Waals surface area contributed by atoms with Gasteiger partial charge in [0.25, 0.3) is 0 Å². The molecular formula is C14H20N2O4S. The summed E-state index contributed by atoms with van der Waals surface area (Å²) in [6.07, 6.45) is 0.820. The van der Waals surface area contributed by atoms with Crippen molar-refractivity contribution < 1.29 is 17.9 Å². The van der Waals surface area contributed by atoms with Crippen LogP contribution in [0.2, 0.25) is 0 Å². The lowest BCUT2D eigenvalue weighted by Gasteiger charge is -2.18. The van der Waals surface area contributed by atoms with Crippen LogP contribution >= 0.6 is 0 Å². The Bertz CT molecular complexity index is 615. The van der Waals surface area contributed by atoms with Crippen LogP contribution in [-0.4, -0.2) is 52.5 Å². The third-order valence-electron chi connectivity index (χ3n) is 3.65. The minimum Gasteiger partial charge on any atom is -0.465 e. The SMILES string of the molecule is CNCC1CCN(S(=O)(=O)c2ccccc2C(=O)OC)C1. The summed E-state index contributed by atoms with van der Waals surface area (Å²) in [5.74, 6) is -0.338. The average Bonchev–Trinajstić information content (AvgIpc) is 2.96. The van der Waals surface area contributed by atoms with E-state index in [1.54, 1.807) is 12.1 Å². The second-order valence-corrected chi connectivity index (χ2v) is 6.97. The van der Waals surface area contributed by atoms with E-state index in [4.69, 9.17) is 0 Å². The smallest absolute Gasteiger partial charge is 0.339 e. The Morgan fingerprint density at radius 3 is 2.81 bits per heavy atom. The Morgan fingerprint density at radius 2 is 2.14 bits per heavy atom. The van der Waals surface area contributed by atoms with Crippen LogP contribution in [0.15, 0.2) is 29.2 Å². The lowest BCUT2D eigenvalue weighted by Crippen LogP contribution is -2.31. The van der Waals surface area contributed by atoms with E-state index in [9.17, 15) is 13.2 Å². The number of carbonyl (C=O) groups excluding carboxylic acids is 1. The fourth-order valence-corrected chi connectivity index (χ4v) is 4.29. The molecule has 1 aromatic rings. The van der Waals surface area contributed by atoms with Gasteiger partial charge < -0.3 is 10.1 Å². The molecule has 1 atom stereocenters. The molecule has 1 aliphatic heterocycles. The fourth-order valence-electron chi connectivity index (χ4n) is 2.58. The van der Waals surface area contributed by atoms with Crippen molar-refractivity contribution in [1.82, 2.24) is 9.62 Å². The molecule has 1 aromatic carbocycles. The van der Waals surface area contributed by atoms with Crippen LogP contribution in [-0.2, 0) is 14.8 Å². The van der Waals surface area contributed by atoms with Gasteiger partial charge in [-0.05, 0) is 38.1 Å². The number of esters is 1. The van der Waals surface area contributed by atoms with Crippen LogP contribution in [0.3, 0.4) is 0 Å². The van der Waals surface area contributed by atoms with E-state index in [1.807, 2.05) is 7.05 Å². The van der Waals surface area contributed by atoms with Crippen molar-refractivity contribution in [3.63, 3.8) is 0 Å². The van der Waals surface area contributed by atoms with Gasteiger partial charge >= 0.3 is 5.97 Å². The summed E-state index contributed by atoms with van der Waals surface area (Å²) in [6, 6.07) is 6.16. The van der Waals surface area contributed by atoms with E-state index in [1.165, 1.54) is 23.5 Å². The van der Waals surface area contributed by atoms with Gasteiger partial charge in [0.2, 0.25) is 10.0 Å². The third kappa shape index (κ3) is 3.25. The number of hydrogen-bond donors (Lipinski definition) is 1. The van der Waals surface area contributed by atoms with Gasteiger partial charge in [-0.3, -0.25) is 0 Å². The molecule has 1 fully saturated rings. The highest BCUT2D eigenvalue weighted by molar-refractivity contribution is 7.89. The maximum atomic E-state index is 12.7. The Morgan fingerprint density at radius 1 is 1.43 bits per heavy atom. The normalized spacial score (nSPS) is 19.6. The summed E-state index contributed by atoms with van der Waals surface area (Å²) in [7, 11) is -0.579. The second-order valence-electron chi connectivity index (χ2n) is 5.06. The number of ether oxygens (including phenoxy) is 1. The zero-order valence-electron chi connectivity index (χ0n) is 12.2. The molecule has 0 spiro atoms. The Kier molecular flexibility index (Phi) is 4.97. The molecule has 1 saturated heterocycles. The molecule has 0 bridgehead atoms. The van der Waals surface area contributed by atoms with E-state index in [0.717, 1.165) is 13.0 Å². The van der Waals surface area contributed by atoms with E-state index in [0.29, 0.717) is 19.0 Å². The number of hydrogen-bond acceptors (Lipinski definition) is 5. The second kappa shape index (κ2) is 6.55. The molecule has 1 unspecified atom stereocenters. The molecule has 0 aromatic heterocycles. The number of carbonyl (C=O) groups is 1. The molecule has 0 amide bonds. The van der Waals surface area contributed by atoms with Gasteiger partial charge in [-0.25, -0.2) is 13.2 Å². The molecule has 6 nitrogen and oxygen atoms in total. The van der Waals surface area contributed by atoms with Crippen LogP contribution in [0.1, 0.15) is 16.8 Å². The van der Waals surface area contributed by atoms with Gasteiger partial charge in [0.15, 0.2) is 0 Å². The van der Waals surface area contributed by atoms with Crippen molar-refractivity contribution in [1.29, 1.82) is 0 Å². The molecular weight excluding hydrogens is 292 g/mol. The van der Waals surface area contributed by atoms with Crippen LogP contribution in [0.5, 0.6) is 0 Å². The van der Waals surface area contributed by atoms with Crippen molar-refractivity contribution in [3.05, 3.63) is 29.8 Å². The first-order valence-corrected chi connectivity index (χ1v) is 8.26. The van der Waals surface area contributed by atoms with Crippen molar-refractivity contribution in [3.8, 4) is 0 Å². The first-order valence-electron chi connectivity index (χ1n) is 6.82. The monoisotopic (exact) mass is 312 g/mol. The Labute approximate surface area is 125 Å². The van der Waals surface area contributed by atoms with Crippen LogP contribution < -0.4 is 5.32 Å². The molecule has 0 saturated carbocycles. The van der Waals surface area contributed by atoms with Crippen LogP contribution in [0.25, 0.3) is 0 Å². The number of sulfonamides is 1. The number of nitrogens with zero attached hydrogens (tertiary/aromatic N) is 1. The standard InChI is InChI=1S/C14H20N2O4S/c1-15-9-11-7-8-16(10-11)21(18,19)13-6-4-3-5-12(13)14(17)20-2/h3-6,11,15H,7-10H2,1-2H3. The summed E-state index contributed by atoms with van der Waals surface area (Å²) in [4.78, 5) is 11.8. The summed E-state index contributed by atoms with van der Waals surface area (Å²) in [6.45, 7) is 1.73. The molecule has 0 aliphatic carbocycles. The third-order valence-corrected chi connectivity index (χ3v) is 5.57. The maximum absolute atomic E-state index is 12.7. The van der Waals surface area contributed by atoms with Gasteiger partial charge in [-0.2, -0.15) is 4.31 Å². The van der Waals surface area contributed by atoms with Gasteiger partial charge in [0.1, 0.15) is 0 Å². The summed E-state index contributed by atoms with van der Waals surface area (Å²) in [5, 5.41) is 3.06. The number of rotatable bonds is 5. The molecule has 7 heteroatoms. The van der Waals surface area contributed by atoms with Gasteiger partial charge in [0, 0.05) is 13.1 Å². The minimum absolute atomic E-state index is 0.0157. The minimum atomic E-state index is -3.67. The summed E-state index contributed by atoms with van der Waals surface area (Å²) in [5.41, 5.74) is 0.0806. The van der Waals surface area contributed by atoms with E-state index in [-0.39, 0.29) is 10.5 Å². The highest BCUT2D eigenvalue weighted by atomic mass is 32.2. The van der Waals surface area contributed by atoms with E-state index < -0.39 is 16.0 Å². The molecule has 116 valence electrons. The highest BCUT2D eigenvalue weighted by Crippen LogP contribution is 2.26. The summed E-state index contributed by atoms with van der Waals surface area (Å²) < 4.78 is 31.6. The largest absolute Gasteiger partial charge is 0.465 e. The predicted octanol–water partition coefficient (Wildman–Crippen LogP) is 0.703. The topological polar surface area (TPSA) is 75.7 Å². The summed E-state index contributed by atoms with van der Waals surface area (Å²) >= 11 is 0. The number of methoxy groups -OCH3 is 1. The first-order chi connectivity index (χ1) is 10.0. The zero-order chi connectivity index (χ0) is 15.5. The quantitative estimate of drug-likeness (QED) is 0.810. The molecule has 1 aliphatic rings. The molecule has 0 radical (unpaired) electrons. The molecule has 1 heterocycles. The Balaban J connectivity index is 2.31. The van der Waals surface area contributed by atoms with Gasteiger partial charge in [-0.1, -0.05) is 12.1 Å². The Hall–Kier alpha value is -1.44. The molecule has 21 heavy (non-hydrogen) atoms. The fraction of sp³-hybridized carbons (Fsp3) is 0.500. The van der Waals surface area contributed by atoms with Gasteiger partial charge in [0.05, 0.1) is 17.6 Å². The van der Waals surface area contributed by atoms with Crippen molar-refractivity contribution in [2.75, 3.05) is 33.8 Å².